The fourth-order valence-electron chi connectivity index (χ4n) is 2.91. The molecule has 2 aromatic rings. The normalized spacial score (nSPS) is 17.8. The summed E-state index contributed by atoms with van der Waals surface area (Å²) in [5, 5.41) is 3.46. The van der Waals surface area contributed by atoms with E-state index in [1.54, 1.807) is 6.20 Å². The van der Waals surface area contributed by atoms with Crippen molar-refractivity contribution in [3.63, 3.8) is 0 Å². The van der Waals surface area contributed by atoms with Crippen LogP contribution in [0.15, 0.2) is 18.6 Å². The van der Waals surface area contributed by atoms with E-state index in [4.69, 9.17) is 5.84 Å². The molecule has 0 radical (unpaired) electrons. The van der Waals surface area contributed by atoms with Gasteiger partial charge in [0, 0.05) is 25.0 Å². The van der Waals surface area contributed by atoms with Crippen molar-refractivity contribution in [1.82, 2.24) is 19.3 Å². The van der Waals surface area contributed by atoms with Crippen LogP contribution >= 0.6 is 0 Å². The average Bonchev–Trinajstić information content (AvgIpc) is 2.96. The highest BCUT2D eigenvalue weighted by atomic mass is 15.3. The van der Waals surface area contributed by atoms with Gasteiger partial charge in [0.1, 0.15) is 0 Å². The van der Waals surface area contributed by atoms with Gasteiger partial charge in [-0.15, -0.1) is 0 Å². The lowest BCUT2D eigenvalue weighted by Gasteiger charge is -2.29. The molecule has 7 heteroatoms. The number of likely N-dealkylation sites (tertiary alicyclic amines) is 1. The second-order valence-corrected chi connectivity index (χ2v) is 5.68. The summed E-state index contributed by atoms with van der Waals surface area (Å²) in [6.45, 7) is 5.60. The molecule has 1 atom stereocenters. The van der Waals surface area contributed by atoms with Crippen LogP contribution in [-0.4, -0.2) is 44.9 Å². The second kappa shape index (κ2) is 6.28. The molecule has 114 valence electrons. The van der Waals surface area contributed by atoms with Crippen molar-refractivity contribution in [2.45, 2.75) is 32.2 Å². The maximum atomic E-state index is 5.48. The Morgan fingerprint density at radius 2 is 2.14 bits per heavy atom. The molecule has 1 aliphatic heterocycles. The van der Waals surface area contributed by atoms with Crippen molar-refractivity contribution >= 4 is 17.3 Å². The quantitative estimate of drug-likeness (QED) is 0.568. The van der Waals surface area contributed by atoms with Crippen molar-refractivity contribution in [2.24, 2.45) is 5.84 Å². The zero-order chi connectivity index (χ0) is 14.7. The van der Waals surface area contributed by atoms with E-state index < -0.39 is 0 Å². The molecular formula is C14H23N7. The zero-order valence-corrected chi connectivity index (χ0v) is 12.4. The minimum atomic E-state index is 0.309. The molecule has 1 aliphatic rings. The van der Waals surface area contributed by atoms with Crippen molar-refractivity contribution in [2.75, 3.05) is 30.4 Å². The Kier molecular flexibility index (Phi) is 4.21. The number of piperidine rings is 1. The van der Waals surface area contributed by atoms with Gasteiger partial charge in [-0.25, -0.2) is 15.8 Å². The first-order valence-corrected chi connectivity index (χ1v) is 7.55. The number of nitrogens with one attached hydrogen (secondary N) is 2. The highest BCUT2D eigenvalue weighted by Gasteiger charge is 2.15. The van der Waals surface area contributed by atoms with Crippen molar-refractivity contribution in [3.05, 3.63) is 18.6 Å². The van der Waals surface area contributed by atoms with Gasteiger partial charge < -0.3 is 20.0 Å². The number of hydrazine groups is 1. The Balaban J connectivity index is 1.72. The first-order valence-electron chi connectivity index (χ1n) is 7.55. The maximum absolute atomic E-state index is 5.48. The van der Waals surface area contributed by atoms with E-state index in [0.29, 0.717) is 11.9 Å². The topological polar surface area (TPSA) is 83.5 Å². The number of nitrogens with zero attached hydrogens (tertiary/aromatic N) is 4. The number of rotatable bonds is 5. The molecule has 1 fully saturated rings. The Bertz CT molecular complexity index is 588. The Morgan fingerprint density at radius 1 is 1.33 bits per heavy atom. The number of anilines is 2. The highest BCUT2D eigenvalue weighted by Crippen LogP contribution is 2.17. The summed E-state index contributed by atoms with van der Waals surface area (Å²) in [6, 6.07) is 0.309. The molecule has 1 saturated heterocycles. The van der Waals surface area contributed by atoms with Gasteiger partial charge in [0.25, 0.3) is 0 Å². The van der Waals surface area contributed by atoms with Crippen LogP contribution in [0.3, 0.4) is 0 Å². The number of hydrogen-bond donors (Lipinski definition) is 3. The van der Waals surface area contributed by atoms with Crippen molar-refractivity contribution < 1.29 is 0 Å². The molecule has 3 rings (SSSR count). The molecule has 4 N–H and O–H groups in total. The molecule has 0 bridgehead atoms. The van der Waals surface area contributed by atoms with Gasteiger partial charge in [-0.05, 0) is 32.9 Å². The SMILES string of the molecule is CC(CN1CCCCC1)Nc1nc(NN)cn2ccnc12. The van der Waals surface area contributed by atoms with Crippen molar-refractivity contribution in [3.8, 4) is 0 Å². The molecule has 3 heterocycles. The summed E-state index contributed by atoms with van der Waals surface area (Å²) in [4.78, 5) is 11.3. The number of hydrogen-bond acceptors (Lipinski definition) is 6. The second-order valence-electron chi connectivity index (χ2n) is 5.68. The largest absolute Gasteiger partial charge is 0.363 e. The van der Waals surface area contributed by atoms with Gasteiger partial charge in [0.05, 0.1) is 6.20 Å². The van der Waals surface area contributed by atoms with Gasteiger partial charge in [-0.3, -0.25) is 0 Å². The zero-order valence-electron chi connectivity index (χ0n) is 12.4. The van der Waals surface area contributed by atoms with E-state index in [1.807, 2.05) is 16.8 Å². The predicted octanol–water partition coefficient (Wildman–Crippen LogP) is 1.30. The lowest BCUT2D eigenvalue weighted by Crippen LogP contribution is -2.38. The monoisotopic (exact) mass is 289 g/mol. The fraction of sp³-hybridized carbons (Fsp3) is 0.571. The number of fused-ring (bicyclic) bond motifs is 1. The third-order valence-electron chi connectivity index (χ3n) is 3.89. The summed E-state index contributed by atoms with van der Waals surface area (Å²) in [5.41, 5.74) is 3.41. The molecular weight excluding hydrogens is 266 g/mol. The van der Waals surface area contributed by atoms with Crippen LogP contribution in [0, 0.1) is 0 Å². The average molecular weight is 289 g/mol. The van der Waals surface area contributed by atoms with Crippen LogP contribution in [0.5, 0.6) is 0 Å². The summed E-state index contributed by atoms with van der Waals surface area (Å²) in [5.74, 6) is 6.86. The standard InChI is InChI=1S/C14H23N7/c1-11(9-20-6-3-2-4-7-20)17-13-14-16-5-8-21(14)10-12(18-13)19-15/h5,8,10-11,19H,2-4,6-7,9,15H2,1H3,(H,17,18). The van der Waals surface area contributed by atoms with E-state index in [9.17, 15) is 0 Å². The summed E-state index contributed by atoms with van der Waals surface area (Å²) < 4.78 is 1.91. The molecule has 0 spiro atoms. The maximum Gasteiger partial charge on any atom is 0.180 e. The van der Waals surface area contributed by atoms with Gasteiger partial charge in [0.15, 0.2) is 17.3 Å². The Hall–Kier alpha value is -1.86. The number of nitrogen functional groups attached to an aromatic ring is 1. The first kappa shape index (κ1) is 14.1. The molecule has 21 heavy (non-hydrogen) atoms. The third kappa shape index (κ3) is 3.25. The Morgan fingerprint density at radius 3 is 2.90 bits per heavy atom. The lowest BCUT2D eigenvalue weighted by atomic mass is 10.1. The first-order chi connectivity index (χ1) is 10.3. The molecule has 0 amide bonds. The number of aromatic nitrogens is 3. The summed E-state index contributed by atoms with van der Waals surface area (Å²) >= 11 is 0. The minimum absolute atomic E-state index is 0.309. The number of nitrogens with two attached hydrogens (primary N) is 1. The van der Waals surface area contributed by atoms with Gasteiger partial charge in [0.2, 0.25) is 0 Å². The molecule has 7 nitrogen and oxygen atoms in total. The molecule has 0 saturated carbocycles. The van der Waals surface area contributed by atoms with Crippen LogP contribution in [0.25, 0.3) is 5.65 Å². The molecule has 0 aliphatic carbocycles. The minimum Gasteiger partial charge on any atom is -0.363 e. The third-order valence-corrected chi connectivity index (χ3v) is 3.89. The van der Waals surface area contributed by atoms with E-state index >= 15 is 0 Å². The fourth-order valence-corrected chi connectivity index (χ4v) is 2.91. The lowest BCUT2D eigenvalue weighted by molar-refractivity contribution is 0.223. The molecule has 0 aromatic carbocycles. The van der Waals surface area contributed by atoms with E-state index in [0.717, 1.165) is 18.0 Å². The van der Waals surface area contributed by atoms with Crippen LogP contribution in [0.1, 0.15) is 26.2 Å². The summed E-state index contributed by atoms with van der Waals surface area (Å²) in [7, 11) is 0. The molecule has 2 aromatic heterocycles. The van der Waals surface area contributed by atoms with Gasteiger partial charge in [-0.1, -0.05) is 6.42 Å². The highest BCUT2D eigenvalue weighted by molar-refractivity contribution is 5.65. The van der Waals surface area contributed by atoms with E-state index in [1.165, 1.54) is 32.4 Å². The molecule has 1 unspecified atom stereocenters. The van der Waals surface area contributed by atoms with Crippen LogP contribution < -0.4 is 16.6 Å². The van der Waals surface area contributed by atoms with E-state index in [2.05, 4.69) is 32.5 Å². The number of imidazole rings is 1. The Labute approximate surface area is 124 Å². The van der Waals surface area contributed by atoms with Crippen LogP contribution in [0.4, 0.5) is 11.6 Å². The summed E-state index contributed by atoms with van der Waals surface area (Å²) in [6.07, 6.45) is 9.45. The van der Waals surface area contributed by atoms with Crippen molar-refractivity contribution in [1.29, 1.82) is 0 Å². The van der Waals surface area contributed by atoms with Crippen LogP contribution in [0.2, 0.25) is 0 Å². The van der Waals surface area contributed by atoms with Gasteiger partial charge in [-0.2, -0.15) is 0 Å². The van der Waals surface area contributed by atoms with Gasteiger partial charge >= 0.3 is 0 Å². The smallest absolute Gasteiger partial charge is 0.180 e. The van der Waals surface area contributed by atoms with Crippen LogP contribution in [-0.2, 0) is 0 Å². The van der Waals surface area contributed by atoms with E-state index in [-0.39, 0.29) is 0 Å². The predicted molar refractivity (Wildman–Crippen MR) is 84.2 cm³/mol.